The normalized spacial score (nSPS) is 19.4. The van der Waals surface area contributed by atoms with E-state index in [4.69, 9.17) is 0 Å². The summed E-state index contributed by atoms with van der Waals surface area (Å²) in [7, 11) is 0. The van der Waals surface area contributed by atoms with Gasteiger partial charge >= 0.3 is 0 Å². The quantitative estimate of drug-likeness (QED) is 0.645. The van der Waals surface area contributed by atoms with E-state index in [-0.39, 0.29) is 29.5 Å². The number of carbonyl (C=O) groups excluding carboxylic acids is 1. The van der Waals surface area contributed by atoms with Gasteiger partial charge in [0.25, 0.3) is 0 Å². The Balaban J connectivity index is 1.53. The predicted molar refractivity (Wildman–Crippen MR) is 110 cm³/mol. The lowest BCUT2D eigenvalue weighted by molar-refractivity contribution is -0.119. The fourth-order valence-electron chi connectivity index (χ4n) is 3.80. The number of amides is 1. The molecule has 2 aromatic carbocycles. The molecule has 0 saturated carbocycles. The molecule has 0 radical (unpaired) electrons. The van der Waals surface area contributed by atoms with Gasteiger partial charge in [0.15, 0.2) is 0 Å². The second-order valence-corrected chi connectivity index (χ2v) is 8.35. The molecule has 1 saturated heterocycles. The summed E-state index contributed by atoms with van der Waals surface area (Å²) >= 11 is 1.59. The second-order valence-electron chi connectivity index (χ2n) is 7.29. The summed E-state index contributed by atoms with van der Waals surface area (Å²) < 4.78 is 26.8. The Bertz CT molecular complexity index is 1010. The van der Waals surface area contributed by atoms with Gasteiger partial charge in [0, 0.05) is 30.2 Å². The molecular weight excluding hydrogens is 392 g/mol. The summed E-state index contributed by atoms with van der Waals surface area (Å²) in [5.74, 6) is -1.07. The summed E-state index contributed by atoms with van der Waals surface area (Å²) in [5, 5.41) is 5.84. The number of aryl methyl sites for hydroxylation is 1. The van der Waals surface area contributed by atoms with E-state index in [0.717, 1.165) is 16.3 Å². The number of carbonyl (C=O) groups is 1. The summed E-state index contributed by atoms with van der Waals surface area (Å²) in [6.07, 6.45) is 0.607. The number of hydrogen-bond acceptors (Lipinski definition) is 4. The Hall–Kier alpha value is -2.64. The average Bonchev–Trinajstić information content (AvgIpc) is 3.29. The van der Waals surface area contributed by atoms with Crippen molar-refractivity contribution in [1.29, 1.82) is 0 Å². The lowest BCUT2D eigenvalue weighted by atomic mass is 9.99. The van der Waals surface area contributed by atoms with Gasteiger partial charge in [-0.15, -0.1) is 11.3 Å². The van der Waals surface area contributed by atoms with Crippen molar-refractivity contribution < 1.29 is 13.6 Å². The minimum Gasteiger partial charge on any atom is -0.326 e. The predicted octanol–water partition coefficient (Wildman–Crippen LogP) is 4.93. The highest BCUT2D eigenvalue weighted by Crippen LogP contribution is 2.37. The smallest absolute Gasteiger partial charge is 0.228 e. The van der Waals surface area contributed by atoms with Crippen molar-refractivity contribution in [3.8, 4) is 0 Å². The highest BCUT2D eigenvalue weighted by Gasteiger charge is 2.37. The van der Waals surface area contributed by atoms with E-state index >= 15 is 0 Å². The molecule has 7 heteroatoms. The van der Waals surface area contributed by atoms with Crippen molar-refractivity contribution >= 4 is 22.9 Å². The molecule has 2 atom stereocenters. The highest BCUT2D eigenvalue weighted by atomic mass is 32.1. The molecule has 1 fully saturated rings. The molecule has 0 unspecified atom stereocenters. The Labute approximate surface area is 172 Å². The van der Waals surface area contributed by atoms with Gasteiger partial charge in [-0.25, -0.2) is 13.8 Å². The molecule has 0 bridgehead atoms. The van der Waals surface area contributed by atoms with Crippen LogP contribution in [0.4, 0.5) is 14.5 Å². The van der Waals surface area contributed by atoms with Crippen molar-refractivity contribution in [3.63, 3.8) is 0 Å². The van der Waals surface area contributed by atoms with E-state index in [9.17, 15) is 13.6 Å². The van der Waals surface area contributed by atoms with Crippen LogP contribution in [0.15, 0.2) is 53.9 Å². The molecule has 3 aromatic rings. The zero-order chi connectivity index (χ0) is 20.4. The third-order valence-corrected chi connectivity index (χ3v) is 5.98. The zero-order valence-electron chi connectivity index (χ0n) is 15.9. The first-order valence-corrected chi connectivity index (χ1v) is 10.3. The largest absolute Gasteiger partial charge is 0.326 e. The van der Waals surface area contributed by atoms with E-state index in [1.807, 2.05) is 12.3 Å². The topological polar surface area (TPSA) is 45.2 Å². The van der Waals surface area contributed by atoms with Crippen LogP contribution in [0.2, 0.25) is 0 Å². The molecule has 4 rings (SSSR count). The van der Waals surface area contributed by atoms with Crippen LogP contribution in [0, 0.1) is 24.5 Å². The number of thiazole rings is 1. The van der Waals surface area contributed by atoms with Crippen molar-refractivity contribution in [3.05, 3.63) is 81.8 Å². The molecule has 1 amide bonds. The minimum absolute atomic E-state index is 0.0131. The maximum Gasteiger partial charge on any atom is 0.228 e. The Morgan fingerprint density at radius 1 is 1.21 bits per heavy atom. The number of likely N-dealkylation sites (tertiary alicyclic amines) is 1. The van der Waals surface area contributed by atoms with Gasteiger partial charge in [0.2, 0.25) is 5.91 Å². The van der Waals surface area contributed by atoms with Crippen LogP contribution in [-0.4, -0.2) is 22.3 Å². The lowest BCUT2D eigenvalue weighted by Crippen LogP contribution is -2.27. The van der Waals surface area contributed by atoms with E-state index in [1.54, 1.807) is 35.6 Å². The van der Waals surface area contributed by atoms with Gasteiger partial charge in [0.05, 0.1) is 16.6 Å². The van der Waals surface area contributed by atoms with Crippen LogP contribution < -0.4 is 5.32 Å². The maximum absolute atomic E-state index is 13.4. The van der Waals surface area contributed by atoms with Crippen LogP contribution in [0.25, 0.3) is 0 Å². The Morgan fingerprint density at radius 3 is 2.69 bits per heavy atom. The number of anilines is 1. The van der Waals surface area contributed by atoms with Gasteiger partial charge in [-0.1, -0.05) is 18.2 Å². The van der Waals surface area contributed by atoms with Gasteiger partial charge < -0.3 is 5.32 Å². The highest BCUT2D eigenvalue weighted by molar-refractivity contribution is 7.09. The molecule has 4 nitrogen and oxygen atoms in total. The number of rotatable bonds is 5. The second kappa shape index (κ2) is 8.39. The van der Waals surface area contributed by atoms with Crippen LogP contribution >= 0.6 is 11.3 Å². The Morgan fingerprint density at radius 2 is 2.00 bits per heavy atom. The minimum atomic E-state index is -0.390. The number of nitrogens with zero attached hydrogens (tertiary/aromatic N) is 2. The van der Waals surface area contributed by atoms with Crippen LogP contribution in [0.5, 0.6) is 0 Å². The average molecular weight is 413 g/mol. The number of hydrogen-bond donors (Lipinski definition) is 1. The van der Waals surface area contributed by atoms with Gasteiger partial charge in [-0.2, -0.15) is 0 Å². The first kappa shape index (κ1) is 19.7. The number of halogens is 2. The maximum atomic E-state index is 13.4. The van der Waals surface area contributed by atoms with E-state index < -0.39 is 0 Å². The molecule has 1 N–H and O–H groups in total. The van der Waals surface area contributed by atoms with E-state index in [1.165, 1.54) is 24.3 Å². The number of benzene rings is 2. The monoisotopic (exact) mass is 413 g/mol. The van der Waals surface area contributed by atoms with E-state index in [0.29, 0.717) is 25.2 Å². The van der Waals surface area contributed by atoms with E-state index in [2.05, 4.69) is 15.2 Å². The van der Waals surface area contributed by atoms with Crippen LogP contribution in [0.1, 0.15) is 28.7 Å². The molecule has 0 spiro atoms. The summed E-state index contributed by atoms with van der Waals surface area (Å²) in [5.41, 5.74) is 2.38. The molecule has 0 aliphatic carbocycles. The standard InChI is InChI=1S/C22H21F2N3OS/c1-14-25-20(13-29-14)12-27-11-16(9-21(27)15-5-7-17(23)8-6-15)22(28)26-19-4-2-3-18(24)10-19/h2-8,10,13,16,21H,9,11-12H2,1H3,(H,26,28)/t16-,21-/m1/s1. The van der Waals surface area contributed by atoms with Crippen molar-refractivity contribution in [2.24, 2.45) is 5.92 Å². The molecule has 2 heterocycles. The number of nitrogens with one attached hydrogen (secondary N) is 1. The lowest BCUT2D eigenvalue weighted by Gasteiger charge is -2.23. The molecule has 29 heavy (non-hydrogen) atoms. The third-order valence-electron chi connectivity index (χ3n) is 5.15. The van der Waals surface area contributed by atoms with Crippen LogP contribution in [0.3, 0.4) is 0 Å². The molecule has 1 aliphatic rings. The zero-order valence-corrected chi connectivity index (χ0v) is 16.8. The molecule has 1 aliphatic heterocycles. The molecular formula is C22H21F2N3OS. The van der Waals surface area contributed by atoms with Crippen molar-refractivity contribution in [2.45, 2.75) is 25.9 Å². The van der Waals surface area contributed by atoms with Gasteiger partial charge in [-0.3, -0.25) is 9.69 Å². The number of aromatic nitrogens is 1. The fraction of sp³-hybridized carbons (Fsp3) is 0.273. The van der Waals surface area contributed by atoms with Crippen molar-refractivity contribution in [1.82, 2.24) is 9.88 Å². The van der Waals surface area contributed by atoms with Crippen LogP contribution in [-0.2, 0) is 11.3 Å². The first-order valence-electron chi connectivity index (χ1n) is 9.45. The van der Waals surface area contributed by atoms with Gasteiger partial charge in [0.1, 0.15) is 11.6 Å². The third kappa shape index (κ3) is 4.68. The fourth-order valence-corrected chi connectivity index (χ4v) is 4.40. The molecule has 1 aromatic heterocycles. The summed E-state index contributed by atoms with van der Waals surface area (Å²) in [6, 6.07) is 12.3. The summed E-state index contributed by atoms with van der Waals surface area (Å²) in [6.45, 7) is 3.14. The first-order chi connectivity index (χ1) is 14.0. The molecule has 150 valence electrons. The Kier molecular flexibility index (Phi) is 5.69. The van der Waals surface area contributed by atoms with Gasteiger partial charge in [-0.05, 0) is 49.2 Å². The SMILES string of the molecule is Cc1nc(CN2C[C@H](C(=O)Nc3cccc(F)c3)C[C@@H]2c2ccc(F)cc2)cs1. The van der Waals surface area contributed by atoms with Crippen molar-refractivity contribution in [2.75, 3.05) is 11.9 Å². The summed E-state index contributed by atoms with van der Waals surface area (Å²) in [4.78, 5) is 19.6.